The van der Waals surface area contributed by atoms with Gasteiger partial charge in [0.25, 0.3) is 0 Å². The Morgan fingerprint density at radius 1 is 0.844 bits per heavy atom. The van der Waals surface area contributed by atoms with Gasteiger partial charge in [-0.3, -0.25) is 9.78 Å². The third-order valence-electron chi connectivity index (χ3n) is 11.5. The number of nitrogens with one attached hydrogen (secondary N) is 2. The zero-order valence-corrected chi connectivity index (χ0v) is 36.9. The largest absolute Gasteiger partial charge is 0.489 e. The summed E-state index contributed by atoms with van der Waals surface area (Å²) in [4.78, 5) is 46.8. The first kappa shape index (κ1) is 43.9. The molecule has 328 valence electrons. The molecule has 0 radical (unpaired) electrons. The molecule has 1 aromatic heterocycles. The maximum absolute atomic E-state index is 14.3. The highest BCUT2D eigenvalue weighted by molar-refractivity contribution is 6.42. The van der Waals surface area contributed by atoms with Crippen molar-refractivity contribution in [1.82, 2.24) is 20.5 Å². The summed E-state index contributed by atoms with van der Waals surface area (Å²) in [5.74, 6) is 1.13. The minimum absolute atomic E-state index is 0.00360. The normalized spacial score (nSPS) is 16.2. The van der Waals surface area contributed by atoms with Gasteiger partial charge in [0.2, 0.25) is 5.91 Å². The molecule has 0 fully saturated rings. The molecule has 3 N–H and O–H groups in total. The number of carbonyl (C=O) groups is 3. The molecule has 12 nitrogen and oxygen atoms in total. The Hall–Kier alpha value is -6.76. The molecule has 5 aromatic carbocycles. The molecule has 6 aromatic rings. The molecule has 2 aliphatic rings. The van der Waals surface area contributed by atoms with E-state index in [-0.39, 0.29) is 32.0 Å². The maximum atomic E-state index is 14.3. The van der Waals surface area contributed by atoms with Gasteiger partial charge >= 0.3 is 12.0 Å². The number of amides is 3. The fraction of sp³-hybridized carbons (Fsp3) is 0.240. The zero-order chi connectivity index (χ0) is 44.9. The number of aliphatic carboxylic acids is 1. The number of carbonyl (C=O) groups excluding carboxylic acids is 2. The van der Waals surface area contributed by atoms with Crippen LogP contribution in [0, 0.1) is 13.8 Å². The van der Waals surface area contributed by atoms with Gasteiger partial charge in [0.05, 0.1) is 16.1 Å². The lowest BCUT2D eigenvalue weighted by Gasteiger charge is -2.38. The van der Waals surface area contributed by atoms with Crippen molar-refractivity contribution < 1.29 is 38.4 Å². The predicted octanol–water partition coefficient (Wildman–Crippen LogP) is 9.90. The molecule has 0 aliphatic carbocycles. The molecule has 2 unspecified atom stereocenters. The summed E-state index contributed by atoms with van der Waals surface area (Å²) < 4.78 is 24.7. The van der Waals surface area contributed by atoms with E-state index in [0.29, 0.717) is 51.0 Å². The molecule has 4 atom stereocenters. The van der Waals surface area contributed by atoms with Gasteiger partial charge in [-0.1, -0.05) is 83.9 Å². The number of halogens is 2. The lowest BCUT2D eigenvalue weighted by Crippen LogP contribution is -2.57. The number of pyridine rings is 1. The van der Waals surface area contributed by atoms with Crippen molar-refractivity contribution in [3.8, 4) is 28.7 Å². The first-order valence-corrected chi connectivity index (χ1v) is 21.6. The minimum atomic E-state index is -1.28. The van der Waals surface area contributed by atoms with Gasteiger partial charge in [0.1, 0.15) is 42.5 Å². The quantitative estimate of drug-likeness (QED) is 0.103. The van der Waals surface area contributed by atoms with Gasteiger partial charge in [0.15, 0.2) is 17.6 Å². The number of carboxylic acid groups (broad SMARTS) is 1. The number of hydrogen-bond acceptors (Lipinski definition) is 8. The molecule has 0 saturated carbocycles. The molecule has 0 bridgehead atoms. The van der Waals surface area contributed by atoms with E-state index in [9.17, 15) is 19.5 Å². The summed E-state index contributed by atoms with van der Waals surface area (Å²) in [6, 6.07) is 31.8. The SMILES string of the molecule is Cc1nccc(Oc2ccc(CC(NC(=O)C3Cc4cc5c(cc4CN3C(=O)N[C@H](C)c3ccccc3)O[C@@H](c3ccc(OCc4ccc(Cl)c(Cl)c4)cc3)CO5)C(=O)O)cc2)c1C. The van der Waals surface area contributed by atoms with E-state index in [2.05, 4.69) is 15.6 Å². The van der Waals surface area contributed by atoms with Crippen molar-refractivity contribution in [1.29, 1.82) is 0 Å². The number of nitrogens with zero attached hydrogens (tertiary/aromatic N) is 2. The fourth-order valence-electron chi connectivity index (χ4n) is 7.68. The minimum Gasteiger partial charge on any atom is -0.489 e. The van der Waals surface area contributed by atoms with Crippen LogP contribution in [0.3, 0.4) is 0 Å². The van der Waals surface area contributed by atoms with Crippen LogP contribution in [0.2, 0.25) is 10.0 Å². The highest BCUT2D eigenvalue weighted by Gasteiger charge is 2.38. The Balaban J connectivity index is 0.974. The van der Waals surface area contributed by atoms with Crippen LogP contribution in [-0.4, -0.2) is 51.6 Å². The number of carboxylic acids is 1. The highest BCUT2D eigenvalue weighted by atomic mass is 35.5. The summed E-state index contributed by atoms with van der Waals surface area (Å²) >= 11 is 12.2. The summed E-state index contributed by atoms with van der Waals surface area (Å²) in [6.45, 7) is 6.32. The number of ether oxygens (including phenoxy) is 4. The zero-order valence-electron chi connectivity index (χ0n) is 35.3. The van der Waals surface area contributed by atoms with Gasteiger partial charge < -0.3 is 39.6 Å². The van der Waals surface area contributed by atoms with Crippen molar-refractivity contribution in [2.45, 2.75) is 71.0 Å². The Kier molecular flexibility index (Phi) is 13.2. The number of fused-ring (bicyclic) bond motifs is 2. The Labute approximate surface area is 381 Å². The number of urea groups is 1. The van der Waals surface area contributed by atoms with Crippen molar-refractivity contribution in [2.75, 3.05) is 6.61 Å². The average molecular weight is 902 g/mol. The third kappa shape index (κ3) is 10.2. The number of rotatable bonds is 13. The smallest absolute Gasteiger partial charge is 0.326 e. The van der Waals surface area contributed by atoms with E-state index in [1.807, 2.05) is 93.6 Å². The van der Waals surface area contributed by atoms with Crippen LogP contribution in [0.15, 0.2) is 121 Å². The van der Waals surface area contributed by atoms with Crippen LogP contribution in [0.5, 0.6) is 28.7 Å². The highest BCUT2D eigenvalue weighted by Crippen LogP contribution is 2.41. The van der Waals surface area contributed by atoms with Gasteiger partial charge in [-0.05, 0) is 109 Å². The third-order valence-corrected chi connectivity index (χ3v) is 12.3. The van der Waals surface area contributed by atoms with Gasteiger partial charge in [-0.25, -0.2) is 9.59 Å². The van der Waals surface area contributed by atoms with Crippen LogP contribution in [0.1, 0.15) is 63.7 Å². The maximum Gasteiger partial charge on any atom is 0.326 e. The lowest BCUT2D eigenvalue weighted by atomic mass is 9.92. The van der Waals surface area contributed by atoms with E-state index in [1.54, 1.807) is 48.7 Å². The van der Waals surface area contributed by atoms with Crippen molar-refractivity contribution in [3.05, 3.63) is 176 Å². The van der Waals surface area contributed by atoms with E-state index in [0.717, 1.165) is 39.1 Å². The monoisotopic (exact) mass is 900 g/mol. The van der Waals surface area contributed by atoms with Crippen LogP contribution < -0.4 is 29.6 Å². The molecule has 64 heavy (non-hydrogen) atoms. The van der Waals surface area contributed by atoms with Gasteiger partial charge in [-0.15, -0.1) is 0 Å². The van der Waals surface area contributed by atoms with Crippen molar-refractivity contribution in [2.24, 2.45) is 0 Å². The standard InChI is InChI=1S/C50H46Cl2N4O8/c1-29-30(2)53-20-19-44(29)63-39-14-9-32(10-15-39)22-42(49(58)59)55-48(57)43-23-36-24-45-46(25-37(36)26-56(43)50(60)54-31(3)34-7-5-4-6-8-34)64-47(28-62-45)35-12-16-38(17-13-35)61-27-33-11-18-40(51)41(52)21-33/h4-21,24-25,31,42-43,47H,22-23,26-28H2,1-3H3,(H,54,60)(H,55,57)(H,58,59)/t31-,42?,43?,47-/m1/s1. The van der Waals surface area contributed by atoms with Crippen LogP contribution in [-0.2, 0) is 35.6 Å². The topological polar surface area (TPSA) is 149 Å². The molecule has 0 spiro atoms. The summed E-state index contributed by atoms with van der Waals surface area (Å²) in [7, 11) is 0. The summed E-state index contributed by atoms with van der Waals surface area (Å²) in [5.41, 5.74) is 6.66. The van der Waals surface area contributed by atoms with Crippen LogP contribution in [0.25, 0.3) is 0 Å². The molecular weight excluding hydrogens is 855 g/mol. The Bertz CT molecular complexity index is 2660. The number of aromatic nitrogens is 1. The first-order valence-electron chi connectivity index (χ1n) is 20.8. The predicted molar refractivity (Wildman–Crippen MR) is 242 cm³/mol. The van der Waals surface area contributed by atoms with Crippen molar-refractivity contribution in [3.63, 3.8) is 0 Å². The molecule has 3 amide bonds. The number of benzene rings is 5. The van der Waals surface area contributed by atoms with E-state index < -0.39 is 36.1 Å². The first-order chi connectivity index (χ1) is 30.9. The second kappa shape index (κ2) is 19.3. The molecule has 2 aliphatic heterocycles. The molecule has 14 heteroatoms. The average Bonchev–Trinajstić information content (AvgIpc) is 3.30. The summed E-state index contributed by atoms with van der Waals surface area (Å²) in [5, 5.41) is 17.0. The number of hydrogen-bond donors (Lipinski definition) is 3. The molecule has 8 rings (SSSR count). The molecular formula is C50H46Cl2N4O8. The van der Waals surface area contributed by atoms with E-state index in [1.165, 1.54) is 4.90 Å². The Morgan fingerprint density at radius 3 is 2.30 bits per heavy atom. The number of aryl methyl sites for hydroxylation is 1. The van der Waals surface area contributed by atoms with Gasteiger partial charge in [-0.2, -0.15) is 0 Å². The Morgan fingerprint density at radius 2 is 1.56 bits per heavy atom. The lowest BCUT2D eigenvalue weighted by molar-refractivity contribution is -0.142. The summed E-state index contributed by atoms with van der Waals surface area (Å²) in [6.07, 6.45) is 1.38. The van der Waals surface area contributed by atoms with Crippen molar-refractivity contribution >= 4 is 41.1 Å². The van der Waals surface area contributed by atoms with Crippen LogP contribution in [0.4, 0.5) is 4.79 Å². The second-order valence-electron chi connectivity index (χ2n) is 15.9. The molecule has 3 heterocycles. The fourth-order valence-corrected chi connectivity index (χ4v) is 8.00. The van der Waals surface area contributed by atoms with E-state index >= 15 is 0 Å². The second-order valence-corrected chi connectivity index (χ2v) is 16.7. The van der Waals surface area contributed by atoms with Crippen LogP contribution >= 0.6 is 23.2 Å². The molecule has 0 saturated heterocycles. The van der Waals surface area contributed by atoms with E-state index in [4.69, 9.17) is 42.1 Å². The van der Waals surface area contributed by atoms with Gasteiger partial charge in [0, 0.05) is 36.8 Å².